The van der Waals surface area contributed by atoms with Crippen LogP contribution < -0.4 is 5.73 Å². The maximum absolute atomic E-state index is 11.8. The van der Waals surface area contributed by atoms with E-state index in [4.69, 9.17) is 10.5 Å². The first kappa shape index (κ1) is 13.1. The Morgan fingerprint density at radius 2 is 2.22 bits per heavy atom. The highest BCUT2D eigenvalue weighted by molar-refractivity contribution is 9.10. The van der Waals surface area contributed by atoms with Crippen LogP contribution in [0.15, 0.2) is 28.9 Å². The van der Waals surface area contributed by atoms with Gasteiger partial charge in [0.25, 0.3) is 0 Å². The van der Waals surface area contributed by atoms with Gasteiger partial charge in [-0.1, -0.05) is 22.0 Å². The lowest BCUT2D eigenvalue weighted by atomic mass is 9.93. The Hall–Kier alpha value is -1.33. The summed E-state index contributed by atoms with van der Waals surface area (Å²) in [6.07, 6.45) is 1.82. The number of H-pyrrole nitrogens is 1. The summed E-state index contributed by atoms with van der Waals surface area (Å²) in [5.74, 6) is -0.765. The zero-order valence-corrected chi connectivity index (χ0v) is 11.8. The summed E-state index contributed by atoms with van der Waals surface area (Å²) in [4.78, 5) is 15.0. The maximum atomic E-state index is 11.8. The second kappa shape index (κ2) is 5.12. The van der Waals surface area contributed by atoms with Crippen molar-refractivity contribution in [3.8, 4) is 0 Å². The van der Waals surface area contributed by atoms with Crippen molar-refractivity contribution in [3.05, 3.63) is 34.4 Å². The van der Waals surface area contributed by atoms with Crippen LogP contribution in [-0.2, 0) is 9.53 Å². The first-order chi connectivity index (χ1) is 8.54. The third-order valence-corrected chi connectivity index (χ3v) is 3.49. The molecular formula is C13H15BrN2O2. The van der Waals surface area contributed by atoms with Crippen LogP contribution in [0.4, 0.5) is 0 Å². The molecule has 0 aliphatic carbocycles. The Balaban J connectivity index is 2.54. The number of rotatable bonds is 3. The van der Waals surface area contributed by atoms with Crippen molar-refractivity contribution in [1.82, 2.24) is 4.98 Å². The van der Waals surface area contributed by atoms with Gasteiger partial charge in [-0.3, -0.25) is 4.79 Å². The predicted octanol–water partition coefficient (Wildman–Crippen LogP) is 2.53. The van der Waals surface area contributed by atoms with Gasteiger partial charge in [-0.05, 0) is 24.6 Å². The first-order valence-electron chi connectivity index (χ1n) is 5.64. The van der Waals surface area contributed by atoms with Gasteiger partial charge in [0.1, 0.15) is 0 Å². The number of ether oxygens (including phenoxy) is 1. The molecule has 0 saturated carbocycles. The molecule has 2 aromatic rings. The van der Waals surface area contributed by atoms with Crippen LogP contribution in [0.3, 0.4) is 0 Å². The molecule has 0 saturated heterocycles. The van der Waals surface area contributed by atoms with Crippen molar-refractivity contribution < 1.29 is 9.53 Å². The number of nitrogens with two attached hydrogens (primary N) is 1. The molecule has 1 aromatic heterocycles. The summed E-state index contributed by atoms with van der Waals surface area (Å²) in [6, 6.07) is 5.56. The molecule has 96 valence electrons. The normalized spacial score (nSPS) is 14.4. The van der Waals surface area contributed by atoms with Crippen molar-refractivity contribution in [2.75, 3.05) is 7.11 Å². The average molecular weight is 311 g/mol. The number of carbonyl (C=O) groups excluding carboxylic acids is 1. The fourth-order valence-corrected chi connectivity index (χ4v) is 2.49. The smallest absolute Gasteiger partial charge is 0.314 e. The summed E-state index contributed by atoms with van der Waals surface area (Å²) in [5, 5.41) is 0.992. The molecule has 18 heavy (non-hydrogen) atoms. The van der Waals surface area contributed by atoms with Crippen molar-refractivity contribution in [1.29, 1.82) is 0 Å². The summed E-state index contributed by atoms with van der Waals surface area (Å²) in [6.45, 7) is 1.80. The van der Waals surface area contributed by atoms with Gasteiger partial charge < -0.3 is 15.5 Å². The lowest BCUT2D eigenvalue weighted by Gasteiger charge is -2.17. The Labute approximate surface area is 114 Å². The highest BCUT2D eigenvalue weighted by Gasteiger charge is 2.27. The van der Waals surface area contributed by atoms with E-state index in [2.05, 4.69) is 20.9 Å². The topological polar surface area (TPSA) is 68.1 Å². The largest absolute Gasteiger partial charge is 0.469 e. The molecule has 0 aliphatic heterocycles. The third-order valence-electron chi connectivity index (χ3n) is 2.99. The molecule has 1 aromatic carbocycles. The van der Waals surface area contributed by atoms with Gasteiger partial charge in [0, 0.05) is 27.6 Å². The van der Waals surface area contributed by atoms with E-state index < -0.39 is 5.92 Å². The van der Waals surface area contributed by atoms with Crippen LogP contribution in [0, 0.1) is 0 Å². The minimum absolute atomic E-state index is 0.305. The van der Waals surface area contributed by atoms with Crippen LogP contribution >= 0.6 is 15.9 Å². The monoisotopic (exact) mass is 310 g/mol. The molecular weight excluding hydrogens is 296 g/mol. The fraction of sp³-hybridized carbons (Fsp3) is 0.308. The van der Waals surface area contributed by atoms with Crippen LogP contribution in [0.5, 0.6) is 0 Å². The average Bonchev–Trinajstić information content (AvgIpc) is 2.71. The van der Waals surface area contributed by atoms with E-state index in [0.717, 1.165) is 20.9 Å². The summed E-state index contributed by atoms with van der Waals surface area (Å²) in [5.41, 5.74) is 7.74. The molecule has 0 aliphatic rings. The summed E-state index contributed by atoms with van der Waals surface area (Å²) < 4.78 is 5.81. The fourth-order valence-electron chi connectivity index (χ4n) is 2.13. The Kier molecular flexibility index (Phi) is 3.73. The van der Waals surface area contributed by atoms with E-state index in [-0.39, 0.29) is 12.0 Å². The molecule has 2 atom stereocenters. The molecule has 0 bridgehead atoms. The molecule has 2 rings (SSSR count). The van der Waals surface area contributed by atoms with Gasteiger partial charge >= 0.3 is 5.97 Å². The quantitative estimate of drug-likeness (QED) is 0.856. The SMILES string of the molecule is COC(=O)C(c1c[nH]c2cc(Br)ccc12)C(C)N. The lowest BCUT2D eigenvalue weighted by Crippen LogP contribution is -2.31. The minimum Gasteiger partial charge on any atom is -0.469 e. The predicted molar refractivity (Wildman–Crippen MR) is 74.4 cm³/mol. The Bertz CT molecular complexity index is 577. The van der Waals surface area contributed by atoms with Crippen molar-refractivity contribution in [3.63, 3.8) is 0 Å². The van der Waals surface area contributed by atoms with Gasteiger partial charge in [-0.25, -0.2) is 0 Å². The number of aromatic amines is 1. The molecule has 5 heteroatoms. The second-order valence-corrected chi connectivity index (χ2v) is 5.21. The van der Waals surface area contributed by atoms with Crippen molar-refractivity contribution >= 4 is 32.8 Å². The summed E-state index contributed by atoms with van der Waals surface area (Å²) >= 11 is 3.41. The number of fused-ring (bicyclic) bond motifs is 1. The van der Waals surface area contributed by atoms with Crippen LogP contribution in [0.1, 0.15) is 18.4 Å². The molecule has 0 radical (unpaired) electrons. The summed E-state index contributed by atoms with van der Waals surface area (Å²) in [7, 11) is 1.38. The highest BCUT2D eigenvalue weighted by Crippen LogP contribution is 2.30. The molecule has 2 unspecified atom stereocenters. The van der Waals surface area contributed by atoms with Gasteiger partial charge in [0.15, 0.2) is 0 Å². The number of halogens is 1. The number of nitrogens with one attached hydrogen (secondary N) is 1. The van der Waals surface area contributed by atoms with Crippen LogP contribution in [-0.4, -0.2) is 24.1 Å². The van der Waals surface area contributed by atoms with Crippen molar-refractivity contribution in [2.24, 2.45) is 5.73 Å². The Morgan fingerprint density at radius 3 is 2.83 bits per heavy atom. The van der Waals surface area contributed by atoms with E-state index in [1.54, 1.807) is 6.92 Å². The van der Waals surface area contributed by atoms with E-state index in [1.165, 1.54) is 7.11 Å². The van der Waals surface area contributed by atoms with Crippen LogP contribution in [0.25, 0.3) is 10.9 Å². The third kappa shape index (κ3) is 2.28. The molecule has 0 amide bonds. The van der Waals surface area contributed by atoms with E-state index >= 15 is 0 Å². The highest BCUT2D eigenvalue weighted by atomic mass is 79.9. The van der Waals surface area contributed by atoms with Gasteiger partial charge in [0.05, 0.1) is 13.0 Å². The molecule has 0 fully saturated rings. The number of carbonyl (C=O) groups is 1. The van der Waals surface area contributed by atoms with Gasteiger partial charge in [-0.2, -0.15) is 0 Å². The van der Waals surface area contributed by atoms with E-state index in [0.29, 0.717) is 0 Å². The lowest BCUT2D eigenvalue weighted by molar-refractivity contribution is -0.142. The standard InChI is InChI=1S/C13H15BrN2O2/c1-7(15)12(13(17)18-2)10-6-16-11-5-8(14)3-4-9(10)11/h3-7,12,16H,15H2,1-2H3. The van der Waals surface area contributed by atoms with Gasteiger partial charge in [0.2, 0.25) is 0 Å². The van der Waals surface area contributed by atoms with Crippen molar-refractivity contribution in [2.45, 2.75) is 18.9 Å². The molecule has 0 spiro atoms. The number of hydrogen-bond donors (Lipinski definition) is 2. The minimum atomic E-state index is -0.454. The molecule has 1 heterocycles. The first-order valence-corrected chi connectivity index (χ1v) is 6.44. The maximum Gasteiger partial charge on any atom is 0.314 e. The van der Waals surface area contributed by atoms with Gasteiger partial charge in [-0.15, -0.1) is 0 Å². The number of methoxy groups -OCH3 is 1. The number of aromatic nitrogens is 1. The molecule has 4 nitrogen and oxygen atoms in total. The van der Waals surface area contributed by atoms with E-state index in [1.807, 2.05) is 24.4 Å². The van der Waals surface area contributed by atoms with E-state index in [9.17, 15) is 4.79 Å². The second-order valence-electron chi connectivity index (χ2n) is 4.29. The van der Waals surface area contributed by atoms with Crippen LogP contribution in [0.2, 0.25) is 0 Å². The Morgan fingerprint density at radius 1 is 1.50 bits per heavy atom. The zero-order chi connectivity index (χ0) is 13.3. The number of esters is 1. The number of benzene rings is 1. The number of hydrogen-bond acceptors (Lipinski definition) is 3. The zero-order valence-electron chi connectivity index (χ0n) is 10.2. The molecule has 3 N–H and O–H groups in total.